The van der Waals surface area contributed by atoms with Crippen LogP contribution in [-0.4, -0.2) is 42.1 Å². The van der Waals surface area contributed by atoms with Gasteiger partial charge in [-0.2, -0.15) is 5.26 Å². The lowest BCUT2D eigenvalue weighted by Crippen LogP contribution is -2.47. The van der Waals surface area contributed by atoms with Gasteiger partial charge in [-0.1, -0.05) is 0 Å². The molecule has 3 rings (SSSR count). The Morgan fingerprint density at radius 2 is 1.78 bits per heavy atom. The number of nitrogens with zero attached hydrogens (tertiary/aromatic N) is 4. The zero-order valence-electron chi connectivity index (χ0n) is 12.6. The molecule has 0 spiro atoms. The van der Waals surface area contributed by atoms with E-state index >= 15 is 0 Å². The van der Waals surface area contributed by atoms with Gasteiger partial charge in [0.05, 0.1) is 11.3 Å². The Balaban J connectivity index is 0.00000132. The Bertz CT molecular complexity index is 645. The number of hydrogen-bond acceptors (Lipinski definition) is 6. The molecule has 1 saturated heterocycles. The Hall–Kier alpha value is -2.89. The minimum absolute atomic E-state index is 0. The average Bonchev–Trinajstić information content (AvgIpc) is 2.56. The second kappa shape index (κ2) is 7.93. The van der Waals surface area contributed by atoms with E-state index < -0.39 is 0 Å². The molecule has 1 aliphatic rings. The highest BCUT2D eigenvalue weighted by Crippen LogP contribution is 2.18. The first kappa shape index (κ1) is 18.2. The molecule has 8 heteroatoms. The van der Waals surface area contributed by atoms with E-state index in [9.17, 15) is 0 Å². The fourth-order valence-corrected chi connectivity index (χ4v) is 2.46. The van der Waals surface area contributed by atoms with Gasteiger partial charge in [0.15, 0.2) is 0 Å². The fourth-order valence-electron chi connectivity index (χ4n) is 2.46. The molecule has 6 N–H and O–H groups in total. The van der Waals surface area contributed by atoms with Crippen LogP contribution in [0.3, 0.4) is 0 Å². The number of hydrogen-bond donors (Lipinski definition) is 1. The van der Waals surface area contributed by atoms with Gasteiger partial charge in [0.1, 0.15) is 18.1 Å². The number of piperazine rings is 1. The van der Waals surface area contributed by atoms with Crippen LogP contribution in [0.4, 0.5) is 17.3 Å². The summed E-state index contributed by atoms with van der Waals surface area (Å²) in [5, 5.41) is 8.80. The maximum Gasteiger partial charge on any atom is 0.270 e. The topological polar surface area (TPSA) is 145 Å². The SMILES string of the molecule is N#Cc1ccc(N2CCN(c3ccc(N)[nH+]c3)CC2)nc1.O.[OH-]. The van der Waals surface area contributed by atoms with Gasteiger partial charge < -0.3 is 20.8 Å². The molecule has 0 saturated carbocycles. The van der Waals surface area contributed by atoms with Crippen molar-refractivity contribution in [2.24, 2.45) is 0 Å². The van der Waals surface area contributed by atoms with Crippen molar-refractivity contribution in [1.29, 1.82) is 5.26 Å². The van der Waals surface area contributed by atoms with Crippen LogP contribution >= 0.6 is 0 Å². The van der Waals surface area contributed by atoms with Gasteiger partial charge in [0.2, 0.25) is 0 Å². The summed E-state index contributed by atoms with van der Waals surface area (Å²) in [4.78, 5) is 11.9. The smallest absolute Gasteiger partial charge is 0.270 e. The molecule has 1 aliphatic heterocycles. The Morgan fingerprint density at radius 3 is 2.30 bits per heavy atom. The lowest BCUT2D eigenvalue weighted by Gasteiger charge is -2.36. The number of rotatable bonds is 2. The molecule has 0 unspecified atom stereocenters. The third-order valence-electron chi connectivity index (χ3n) is 3.67. The maximum atomic E-state index is 8.80. The van der Waals surface area contributed by atoms with Crippen molar-refractivity contribution in [3.05, 3.63) is 42.2 Å². The van der Waals surface area contributed by atoms with E-state index in [-0.39, 0.29) is 11.0 Å². The molecule has 122 valence electrons. The molecular weight excluding hydrogens is 296 g/mol. The van der Waals surface area contributed by atoms with Crippen LogP contribution in [0.1, 0.15) is 5.56 Å². The van der Waals surface area contributed by atoms with Crippen molar-refractivity contribution < 1.29 is 15.9 Å². The number of nitrogens with one attached hydrogen (secondary N) is 1. The third kappa shape index (κ3) is 4.06. The molecule has 23 heavy (non-hydrogen) atoms. The van der Waals surface area contributed by atoms with Crippen LogP contribution in [0.2, 0.25) is 0 Å². The number of aromatic nitrogens is 2. The van der Waals surface area contributed by atoms with Gasteiger partial charge in [0.25, 0.3) is 5.82 Å². The number of pyridine rings is 2. The highest BCUT2D eigenvalue weighted by Gasteiger charge is 2.18. The van der Waals surface area contributed by atoms with Gasteiger partial charge in [-0.15, -0.1) is 0 Å². The predicted octanol–water partition coefficient (Wildman–Crippen LogP) is -0.325. The highest BCUT2D eigenvalue weighted by molar-refractivity contribution is 5.49. The molecule has 2 aromatic heterocycles. The summed E-state index contributed by atoms with van der Waals surface area (Å²) < 4.78 is 0. The summed E-state index contributed by atoms with van der Waals surface area (Å²) in [6, 6.07) is 9.71. The van der Waals surface area contributed by atoms with E-state index in [0.717, 1.165) is 37.7 Å². The number of nitriles is 1. The van der Waals surface area contributed by atoms with Gasteiger partial charge in [-0.3, -0.25) is 5.73 Å². The summed E-state index contributed by atoms with van der Waals surface area (Å²) in [5.41, 5.74) is 7.41. The molecule has 0 atom stereocenters. The first-order chi connectivity index (χ1) is 10.3. The lowest BCUT2D eigenvalue weighted by molar-refractivity contribution is -0.359. The summed E-state index contributed by atoms with van der Waals surface area (Å²) in [7, 11) is 0. The van der Waals surface area contributed by atoms with Gasteiger partial charge >= 0.3 is 0 Å². The largest absolute Gasteiger partial charge is 0.870 e. The average molecular weight is 316 g/mol. The summed E-state index contributed by atoms with van der Waals surface area (Å²) >= 11 is 0. The monoisotopic (exact) mass is 316 g/mol. The molecule has 8 nitrogen and oxygen atoms in total. The number of nitrogen functional groups attached to an aromatic ring is 1. The predicted molar refractivity (Wildman–Crippen MR) is 86.3 cm³/mol. The summed E-state index contributed by atoms with van der Waals surface area (Å²) in [6.45, 7) is 3.67. The van der Waals surface area contributed by atoms with Crippen molar-refractivity contribution in [3.63, 3.8) is 0 Å². The van der Waals surface area contributed by atoms with Crippen molar-refractivity contribution in [2.75, 3.05) is 41.7 Å². The van der Waals surface area contributed by atoms with Crippen LogP contribution in [0.25, 0.3) is 0 Å². The van der Waals surface area contributed by atoms with Crippen molar-refractivity contribution in [3.8, 4) is 6.07 Å². The van der Waals surface area contributed by atoms with Crippen molar-refractivity contribution >= 4 is 17.3 Å². The molecule has 0 aliphatic carbocycles. The molecular formula is C15H20N6O2. The molecule has 0 amide bonds. The first-order valence-electron chi connectivity index (χ1n) is 6.89. The summed E-state index contributed by atoms with van der Waals surface area (Å²) in [5.74, 6) is 1.59. The van der Waals surface area contributed by atoms with E-state index in [1.807, 2.05) is 30.5 Å². The van der Waals surface area contributed by atoms with Crippen molar-refractivity contribution in [2.45, 2.75) is 0 Å². The Kier molecular flexibility index (Phi) is 6.26. The van der Waals surface area contributed by atoms with Gasteiger partial charge in [0, 0.05) is 38.4 Å². The summed E-state index contributed by atoms with van der Waals surface area (Å²) in [6.07, 6.45) is 3.56. The second-order valence-corrected chi connectivity index (χ2v) is 4.99. The van der Waals surface area contributed by atoms with E-state index in [4.69, 9.17) is 11.0 Å². The molecule has 3 heterocycles. The third-order valence-corrected chi connectivity index (χ3v) is 3.67. The van der Waals surface area contributed by atoms with Gasteiger partial charge in [-0.25, -0.2) is 9.97 Å². The maximum absolute atomic E-state index is 8.80. The second-order valence-electron chi connectivity index (χ2n) is 4.99. The van der Waals surface area contributed by atoms with Crippen LogP contribution in [-0.2, 0) is 0 Å². The van der Waals surface area contributed by atoms with E-state index in [2.05, 4.69) is 25.8 Å². The standard InChI is InChI=1S/C15H16N6.2H2O/c16-9-12-1-4-15(19-10-12)21-7-5-20(6-8-21)13-2-3-14(17)18-11-13;;/h1-4,10-11H,5-8H2,(H2,17,18);2*1H2. The van der Waals surface area contributed by atoms with Crippen LogP contribution in [0.15, 0.2) is 36.7 Å². The minimum atomic E-state index is 0. The van der Waals surface area contributed by atoms with E-state index in [0.29, 0.717) is 11.4 Å². The number of anilines is 3. The first-order valence-corrected chi connectivity index (χ1v) is 6.89. The zero-order valence-corrected chi connectivity index (χ0v) is 12.6. The highest BCUT2D eigenvalue weighted by atomic mass is 16.0. The Morgan fingerprint density at radius 1 is 1.09 bits per heavy atom. The number of nitrogens with two attached hydrogens (primary N) is 1. The molecule has 2 aromatic rings. The molecule has 0 radical (unpaired) electrons. The van der Waals surface area contributed by atoms with Crippen LogP contribution in [0, 0.1) is 11.3 Å². The normalized spacial score (nSPS) is 13.5. The van der Waals surface area contributed by atoms with Crippen LogP contribution in [0.5, 0.6) is 0 Å². The van der Waals surface area contributed by atoms with Crippen molar-refractivity contribution in [1.82, 2.24) is 4.98 Å². The minimum Gasteiger partial charge on any atom is -0.870 e. The zero-order chi connectivity index (χ0) is 14.7. The van der Waals surface area contributed by atoms with E-state index in [1.165, 1.54) is 0 Å². The molecule has 1 fully saturated rings. The van der Waals surface area contributed by atoms with Crippen LogP contribution < -0.4 is 20.5 Å². The Labute approximate surface area is 134 Å². The van der Waals surface area contributed by atoms with E-state index in [1.54, 1.807) is 6.20 Å². The van der Waals surface area contributed by atoms with Gasteiger partial charge in [-0.05, 0) is 18.2 Å². The molecule has 0 bridgehead atoms. The number of H-pyrrole nitrogens is 1. The molecule has 0 aromatic carbocycles. The lowest BCUT2D eigenvalue weighted by atomic mass is 10.2. The fraction of sp³-hybridized carbons (Fsp3) is 0.267. The quantitative estimate of drug-likeness (QED) is 0.803. The number of aromatic amines is 1.